The molecule has 6 heteroatoms. The number of benzene rings is 2. The van der Waals surface area contributed by atoms with Crippen molar-refractivity contribution < 1.29 is 14.4 Å². The van der Waals surface area contributed by atoms with Crippen LogP contribution < -0.4 is 5.32 Å². The predicted molar refractivity (Wildman–Crippen MR) is 120 cm³/mol. The fourth-order valence-electron chi connectivity index (χ4n) is 4.25. The lowest BCUT2D eigenvalue weighted by Crippen LogP contribution is -2.37. The molecule has 6 nitrogen and oxygen atoms in total. The molecular weight excluding hydrogens is 390 g/mol. The maximum absolute atomic E-state index is 13.4. The molecule has 0 spiro atoms. The predicted octanol–water partition coefficient (Wildman–Crippen LogP) is 3.58. The first-order valence-electron chi connectivity index (χ1n) is 10.8. The average Bonchev–Trinajstić information content (AvgIpc) is 3.01. The van der Waals surface area contributed by atoms with E-state index in [2.05, 4.69) is 17.4 Å². The fraction of sp³-hybridized carbons (Fsp3) is 0.320. The third kappa shape index (κ3) is 4.10. The minimum atomic E-state index is -0.236. The Balaban J connectivity index is 1.73. The van der Waals surface area contributed by atoms with Crippen molar-refractivity contribution in [2.75, 3.05) is 18.4 Å². The number of carbonyl (C=O) groups is 3. The molecule has 160 valence electrons. The van der Waals surface area contributed by atoms with Crippen LogP contribution in [0.1, 0.15) is 43.4 Å². The van der Waals surface area contributed by atoms with Gasteiger partial charge in [-0.3, -0.25) is 19.3 Å². The molecule has 2 heterocycles. The average molecular weight is 418 g/mol. The molecule has 0 radical (unpaired) electrons. The van der Waals surface area contributed by atoms with Crippen LogP contribution in [0.4, 0.5) is 5.69 Å². The van der Waals surface area contributed by atoms with E-state index in [0.29, 0.717) is 42.2 Å². The third-order valence-electron chi connectivity index (χ3n) is 5.82. The second kappa shape index (κ2) is 8.76. The number of unbranched alkanes of at least 4 members (excludes halogenated alkanes) is 1. The van der Waals surface area contributed by atoms with E-state index < -0.39 is 0 Å². The molecule has 0 aliphatic carbocycles. The van der Waals surface area contributed by atoms with Crippen molar-refractivity contribution in [2.24, 2.45) is 0 Å². The number of amides is 3. The number of rotatable bonds is 6. The van der Waals surface area contributed by atoms with Gasteiger partial charge in [-0.2, -0.15) is 0 Å². The molecule has 2 aromatic rings. The maximum Gasteiger partial charge on any atom is 0.277 e. The van der Waals surface area contributed by atoms with Gasteiger partial charge in [0.05, 0.1) is 5.57 Å². The van der Waals surface area contributed by atoms with Crippen molar-refractivity contribution in [2.45, 2.75) is 39.7 Å². The van der Waals surface area contributed by atoms with Gasteiger partial charge < -0.3 is 10.2 Å². The summed E-state index contributed by atoms with van der Waals surface area (Å²) in [7, 11) is 0. The monoisotopic (exact) mass is 417 g/mol. The quantitative estimate of drug-likeness (QED) is 0.730. The zero-order valence-electron chi connectivity index (χ0n) is 18.0. The molecule has 2 aliphatic rings. The van der Waals surface area contributed by atoms with E-state index in [1.807, 2.05) is 24.0 Å². The lowest BCUT2D eigenvalue weighted by Gasteiger charge is -2.31. The zero-order chi connectivity index (χ0) is 22.0. The maximum atomic E-state index is 13.4. The van der Waals surface area contributed by atoms with Gasteiger partial charge in [-0.15, -0.1) is 0 Å². The van der Waals surface area contributed by atoms with Gasteiger partial charge in [0.15, 0.2) is 0 Å². The number of hydrogen-bond acceptors (Lipinski definition) is 4. The van der Waals surface area contributed by atoms with Crippen LogP contribution in [-0.4, -0.2) is 40.6 Å². The Morgan fingerprint density at radius 3 is 2.39 bits per heavy atom. The highest BCUT2D eigenvalue weighted by Crippen LogP contribution is 2.35. The van der Waals surface area contributed by atoms with Crippen LogP contribution in [-0.2, 0) is 27.3 Å². The van der Waals surface area contributed by atoms with Gasteiger partial charge >= 0.3 is 0 Å². The van der Waals surface area contributed by atoms with Crippen LogP contribution in [0.2, 0.25) is 0 Å². The van der Waals surface area contributed by atoms with E-state index >= 15 is 0 Å². The van der Waals surface area contributed by atoms with E-state index in [9.17, 15) is 14.4 Å². The Kier molecular flexibility index (Phi) is 5.89. The normalized spacial score (nSPS) is 16.1. The minimum Gasteiger partial charge on any atom is -0.362 e. The van der Waals surface area contributed by atoms with Gasteiger partial charge in [-0.1, -0.05) is 49.7 Å². The number of imide groups is 1. The Hall–Kier alpha value is -3.41. The van der Waals surface area contributed by atoms with Crippen molar-refractivity contribution >= 4 is 29.0 Å². The Labute approximate surface area is 182 Å². The van der Waals surface area contributed by atoms with Crippen LogP contribution in [0.25, 0.3) is 5.57 Å². The van der Waals surface area contributed by atoms with E-state index in [0.717, 1.165) is 19.3 Å². The van der Waals surface area contributed by atoms with Crippen molar-refractivity contribution in [3.05, 3.63) is 70.9 Å². The number of anilines is 1. The summed E-state index contributed by atoms with van der Waals surface area (Å²) in [6, 6.07) is 15.4. The standard InChI is InChI=1S/C25H27N3O3/c1-3-4-14-28-24(30)22(19-9-11-21(12-10-19)26-17(2)29)23(25(28)31)27-15-13-18-7-5-6-8-20(18)16-27/h5-12H,3-4,13-16H2,1-2H3,(H,26,29). The summed E-state index contributed by atoms with van der Waals surface area (Å²) in [5, 5.41) is 2.74. The Morgan fingerprint density at radius 2 is 1.71 bits per heavy atom. The largest absolute Gasteiger partial charge is 0.362 e. The molecule has 4 rings (SSSR count). The molecule has 0 fully saturated rings. The molecule has 0 saturated carbocycles. The van der Waals surface area contributed by atoms with Crippen LogP contribution in [0, 0.1) is 0 Å². The summed E-state index contributed by atoms with van der Waals surface area (Å²) in [6.45, 7) is 5.23. The van der Waals surface area contributed by atoms with Gasteiger partial charge in [0.1, 0.15) is 5.70 Å². The molecule has 2 aliphatic heterocycles. The van der Waals surface area contributed by atoms with E-state index in [1.165, 1.54) is 23.0 Å². The summed E-state index contributed by atoms with van der Waals surface area (Å²) in [5.41, 5.74) is 4.77. The molecule has 0 unspecified atom stereocenters. The van der Waals surface area contributed by atoms with Gasteiger partial charge in [0.25, 0.3) is 11.8 Å². The highest BCUT2D eigenvalue weighted by atomic mass is 16.2. The summed E-state index contributed by atoms with van der Waals surface area (Å²) in [5.74, 6) is -0.601. The van der Waals surface area contributed by atoms with Gasteiger partial charge in [-0.05, 0) is 41.7 Å². The Morgan fingerprint density at radius 1 is 1.00 bits per heavy atom. The highest BCUT2D eigenvalue weighted by molar-refractivity contribution is 6.35. The number of carbonyl (C=O) groups excluding carboxylic acids is 3. The molecular formula is C25H27N3O3. The molecule has 0 aromatic heterocycles. The summed E-state index contributed by atoms with van der Waals surface area (Å²) >= 11 is 0. The topological polar surface area (TPSA) is 69.7 Å². The van der Waals surface area contributed by atoms with Crippen molar-refractivity contribution in [1.82, 2.24) is 9.80 Å². The van der Waals surface area contributed by atoms with Crippen molar-refractivity contribution in [3.63, 3.8) is 0 Å². The van der Waals surface area contributed by atoms with E-state index in [4.69, 9.17) is 0 Å². The number of hydrogen-bond donors (Lipinski definition) is 1. The molecule has 3 amide bonds. The lowest BCUT2D eigenvalue weighted by molar-refractivity contribution is -0.137. The molecule has 0 saturated heterocycles. The minimum absolute atomic E-state index is 0.155. The van der Waals surface area contributed by atoms with E-state index in [1.54, 1.807) is 24.3 Å². The fourth-order valence-corrected chi connectivity index (χ4v) is 4.25. The number of nitrogens with zero attached hydrogens (tertiary/aromatic N) is 2. The molecule has 0 bridgehead atoms. The molecule has 2 aromatic carbocycles. The summed E-state index contributed by atoms with van der Waals surface area (Å²) in [6.07, 6.45) is 2.53. The first kappa shape index (κ1) is 20.8. The van der Waals surface area contributed by atoms with Crippen LogP contribution >= 0.6 is 0 Å². The smallest absolute Gasteiger partial charge is 0.277 e. The van der Waals surface area contributed by atoms with Crippen molar-refractivity contribution in [1.29, 1.82) is 0 Å². The zero-order valence-corrected chi connectivity index (χ0v) is 18.0. The molecule has 0 atom stereocenters. The second-order valence-corrected chi connectivity index (χ2v) is 8.04. The van der Waals surface area contributed by atoms with Crippen molar-refractivity contribution in [3.8, 4) is 0 Å². The van der Waals surface area contributed by atoms with Crippen LogP contribution in [0.3, 0.4) is 0 Å². The first-order valence-corrected chi connectivity index (χ1v) is 10.8. The van der Waals surface area contributed by atoms with Gasteiger partial charge in [0, 0.05) is 32.2 Å². The second-order valence-electron chi connectivity index (χ2n) is 8.04. The summed E-state index contributed by atoms with van der Waals surface area (Å²) in [4.78, 5) is 41.5. The lowest BCUT2D eigenvalue weighted by atomic mass is 9.97. The number of nitrogens with one attached hydrogen (secondary N) is 1. The van der Waals surface area contributed by atoms with Gasteiger partial charge in [-0.25, -0.2) is 0 Å². The highest BCUT2D eigenvalue weighted by Gasteiger charge is 2.41. The van der Waals surface area contributed by atoms with Crippen LogP contribution in [0.5, 0.6) is 0 Å². The van der Waals surface area contributed by atoms with Crippen LogP contribution in [0.15, 0.2) is 54.2 Å². The SMILES string of the molecule is CCCCN1C(=O)C(c2ccc(NC(C)=O)cc2)=C(N2CCc3ccccc3C2)C1=O. The Bertz CT molecular complexity index is 1060. The molecule has 1 N–H and O–H groups in total. The summed E-state index contributed by atoms with van der Waals surface area (Å²) < 4.78 is 0. The van der Waals surface area contributed by atoms with E-state index in [-0.39, 0.29) is 17.7 Å². The third-order valence-corrected chi connectivity index (χ3v) is 5.82. The first-order chi connectivity index (χ1) is 15.0. The van der Waals surface area contributed by atoms with Gasteiger partial charge in [0.2, 0.25) is 5.91 Å². The number of fused-ring (bicyclic) bond motifs is 1. The molecule has 31 heavy (non-hydrogen) atoms.